The Labute approximate surface area is 236 Å². The van der Waals surface area contributed by atoms with E-state index in [4.69, 9.17) is 23.2 Å². The molecule has 0 saturated heterocycles. The predicted octanol–water partition coefficient (Wildman–Crippen LogP) is 7.89. The van der Waals surface area contributed by atoms with Gasteiger partial charge in [-0.3, -0.25) is 5.43 Å². The van der Waals surface area contributed by atoms with Crippen LogP contribution < -0.4 is 10.2 Å². The van der Waals surface area contributed by atoms with E-state index in [1.807, 2.05) is 24.3 Å². The molecule has 13 heteroatoms. The maximum absolute atomic E-state index is 12.4. The van der Waals surface area contributed by atoms with E-state index in [2.05, 4.69) is 37.3 Å². The number of nitrogens with zero attached hydrogens (tertiary/aromatic N) is 5. The molecule has 0 unspecified atom stereocenters. The molecule has 0 aliphatic carbocycles. The minimum absolute atomic E-state index is 0.312. The molecular weight excluding hydrogens is 572 g/mol. The second-order valence-electron chi connectivity index (χ2n) is 7.88. The molecule has 3 aromatic carbocycles. The summed E-state index contributed by atoms with van der Waals surface area (Å²) in [5.74, 6) is 0.978. The van der Waals surface area contributed by atoms with Gasteiger partial charge in [-0.05, 0) is 48.4 Å². The summed E-state index contributed by atoms with van der Waals surface area (Å²) in [4.78, 5) is 8.84. The zero-order chi connectivity index (χ0) is 27.8. The third kappa shape index (κ3) is 8.22. The fourth-order valence-corrected chi connectivity index (χ4v) is 4.34. The van der Waals surface area contributed by atoms with Crippen molar-refractivity contribution in [3.8, 4) is 22.8 Å². The maximum atomic E-state index is 12.4. The second-order valence-corrected chi connectivity index (χ2v) is 9.78. The Balaban J connectivity index is 1.42. The molecule has 0 amide bonds. The van der Waals surface area contributed by atoms with E-state index >= 15 is 0 Å². The van der Waals surface area contributed by atoms with Gasteiger partial charge in [-0.2, -0.15) is 5.10 Å². The Bertz CT molecular complexity index is 1440. The summed E-state index contributed by atoms with van der Waals surface area (Å²) in [5, 5.41) is 10.2. The maximum Gasteiger partial charge on any atom is 0.573 e. The van der Waals surface area contributed by atoms with Crippen molar-refractivity contribution in [3.05, 3.63) is 88.7 Å². The monoisotopic (exact) mass is 592 g/mol. The first kappa shape index (κ1) is 28.5. The fourth-order valence-electron chi connectivity index (χ4n) is 3.19. The van der Waals surface area contributed by atoms with E-state index in [0.29, 0.717) is 32.4 Å². The number of hydrogen-bond acceptors (Lipinski definition) is 6. The summed E-state index contributed by atoms with van der Waals surface area (Å²) >= 11 is 14.0. The number of alkyl halides is 3. The van der Waals surface area contributed by atoms with Crippen LogP contribution in [0.25, 0.3) is 17.1 Å². The van der Waals surface area contributed by atoms with Gasteiger partial charge in [-0.25, -0.2) is 14.7 Å². The van der Waals surface area contributed by atoms with Gasteiger partial charge < -0.3 is 4.74 Å². The topological polar surface area (TPSA) is 76.7 Å². The Morgan fingerprint density at radius 2 is 1.74 bits per heavy atom. The molecule has 0 radical (unpaired) electrons. The Morgan fingerprint density at radius 3 is 2.38 bits per heavy atom. The minimum Gasteiger partial charge on any atom is -0.406 e. The molecular formula is C26H21Cl2F3N6OS. The lowest BCUT2D eigenvalue weighted by Gasteiger charge is -2.09. The summed E-state index contributed by atoms with van der Waals surface area (Å²) < 4.78 is 42.4. The van der Waals surface area contributed by atoms with Crippen LogP contribution in [-0.2, 0) is 0 Å². The summed E-state index contributed by atoms with van der Waals surface area (Å²) in [6.45, 7) is 2.07. The van der Waals surface area contributed by atoms with Gasteiger partial charge in [-0.1, -0.05) is 72.2 Å². The first-order chi connectivity index (χ1) is 18.7. The van der Waals surface area contributed by atoms with Crippen LogP contribution in [-0.4, -0.2) is 38.3 Å². The van der Waals surface area contributed by atoms with Crippen LogP contribution in [0.15, 0.2) is 83.2 Å². The van der Waals surface area contributed by atoms with Crippen LogP contribution in [0.4, 0.5) is 18.9 Å². The van der Waals surface area contributed by atoms with Gasteiger partial charge in [-0.15, -0.1) is 18.3 Å². The van der Waals surface area contributed by atoms with Crippen molar-refractivity contribution < 1.29 is 17.9 Å². The average molecular weight is 593 g/mol. The van der Waals surface area contributed by atoms with Crippen molar-refractivity contribution in [1.29, 1.82) is 0 Å². The Morgan fingerprint density at radius 1 is 1.05 bits per heavy atom. The normalized spacial score (nSPS) is 12.2. The highest BCUT2D eigenvalue weighted by molar-refractivity contribution is 8.13. The lowest BCUT2D eigenvalue weighted by molar-refractivity contribution is -0.274. The van der Waals surface area contributed by atoms with Gasteiger partial charge in [0.25, 0.3) is 0 Å². The van der Waals surface area contributed by atoms with Crippen LogP contribution >= 0.6 is 35.0 Å². The SMILES string of the molecule is CCCSC(=Nc1c(Cl)cccc1Cl)N/N=C\c1ccc(-c2ncn(-c3ccc(OC(F)(F)F)cc3)n2)cc1. The molecule has 1 N–H and O–H groups in total. The van der Waals surface area contributed by atoms with Gasteiger partial charge in [0.15, 0.2) is 11.0 Å². The average Bonchev–Trinajstić information content (AvgIpc) is 3.39. The van der Waals surface area contributed by atoms with Crippen molar-refractivity contribution in [2.45, 2.75) is 19.7 Å². The largest absolute Gasteiger partial charge is 0.573 e. The molecule has 7 nitrogen and oxygen atoms in total. The number of rotatable bonds is 8. The molecule has 0 fully saturated rings. The standard InChI is InChI=1S/C26H21Cl2F3N6OS/c1-2-14-39-25(34-23-21(27)4-3-5-22(23)28)35-33-15-17-6-8-18(9-7-17)24-32-16-37(36-24)19-10-12-20(13-11-19)38-26(29,30)31/h3-13,15-16H,2,14H2,1H3,(H,34,35)/b33-15-. The van der Waals surface area contributed by atoms with Gasteiger partial charge >= 0.3 is 6.36 Å². The number of hydrogen-bond donors (Lipinski definition) is 1. The van der Waals surface area contributed by atoms with E-state index < -0.39 is 6.36 Å². The molecule has 0 saturated carbocycles. The summed E-state index contributed by atoms with van der Waals surface area (Å²) in [5.41, 5.74) is 5.54. The number of halogens is 5. The zero-order valence-corrected chi connectivity index (χ0v) is 22.7. The summed E-state index contributed by atoms with van der Waals surface area (Å²) in [7, 11) is 0. The molecule has 0 bridgehead atoms. The molecule has 4 rings (SSSR count). The first-order valence-electron chi connectivity index (χ1n) is 11.5. The Hall–Kier alpha value is -3.54. The molecule has 0 aliphatic rings. The number of amidine groups is 1. The lowest BCUT2D eigenvalue weighted by Crippen LogP contribution is -2.17. The van der Waals surface area contributed by atoms with Crippen molar-refractivity contribution in [2.24, 2.45) is 10.1 Å². The van der Waals surface area contributed by atoms with E-state index in [1.165, 1.54) is 47.0 Å². The molecule has 0 atom stereocenters. The van der Waals surface area contributed by atoms with Gasteiger partial charge in [0.05, 0.1) is 21.9 Å². The molecule has 0 aliphatic heterocycles. The van der Waals surface area contributed by atoms with E-state index in [1.54, 1.807) is 24.4 Å². The molecule has 1 aromatic heterocycles. The number of ether oxygens (including phenoxy) is 1. The van der Waals surface area contributed by atoms with Crippen LogP contribution in [0.5, 0.6) is 5.75 Å². The third-order valence-corrected chi connectivity index (χ3v) is 6.64. The highest BCUT2D eigenvalue weighted by Gasteiger charge is 2.31. The van der Waals surface area contributed by atoms with Crippen molar-refractivity contribution in [3.63, 3.8) is 0 Å². The van der Waals surface area contributed by atoms with Crippen molar-refractivity contribution >= 4 is 52.0 Å². The van der Waals surface area contributed by atoms with Crippen LogP contribution in [0.1, 0.15) is 18.9 Å². The number of benzene rings is 3. The van der Waals surface area contributed by atoms with Crippen LogP contribution in [0.3, 0.4) is 0 Å². The van der Waals surface area contributed by atoms with E-state index in [0.717, 1.165) is 23.3 Å². The van der Waals surface area contributed by atoms with E-state index in [-0.39, 0.29) is 5.75 Å². The number of nitrogens with one attached hydrogen (secondary N) is 1. The van der Waals surface area contributed by atoms with Crippen LogP contribution in [0, 0.1) is 0 Å². The molecule has 4 aromatic rings. The first-order valence-corrected chi connectivity index (χ1v) is 13.3. The number of aromatic nitrogens is 3. The highest BCUT2D eigenvalue weighted by Crippen LogP contribution is 2.33. The lowest BCUT2D eigenvalue weighted by atomic mass is 10.1. The third-order valence-electron chi connectivity index (χ3n) is 4.96. The molecule has 202 valence electrons. The number of aliphatic imine (C=N–C) groups is 1. The number of para-hydroxylation sites is 1. The second kappa shape index (κ2) is 13.0. The van der Waals surface area contributed by atoms with Gasteiger partial charge in [0.1, 0.15) is 17.8 Å². The quantitative estimate of drug-likeness (QED) is 0.128. The molecule has 39 heavy (non-hydrogen) atoms. The highest BCUT2D eigenvalue weighted by atomic mass is 35.5. The minimum atomic E-state index is -4.75. The van der Waals surface area contributed by atoms with Crippen LogP contribution in [0.2, 0.25) is 10.0 Å². The van der Waals surface area contributed by atoms with Gasteiger partial charge in [0.2, 0.25) is 0 Å². The van der Waals surface area contributed by atoms with Crippen molar-refractivity contribution in [1.82, 2.24) is 20.2 Å². The smallest absolute Gasteiger partial charge is 0.406 e. The van der Waals surface area contributed by atoms with Gasteiger partial charge in [0, 0.05) is 11.3 Å². The molecule has 0 spiro atoms. The zero-order valence-electron chi connectivity index (χ0n) is 20.4. The predicted molar refractivity (Wildman–Crippen MR) is 151 cm³/mol. The number of hydrazone groups is 1. The summed E-state index contributed by atoms with van der Waals surface area (Å²) in [6.07, 6.45) is -0.664. The molecule has 1 heterocycles. The fraction of sp³-hybridized carbons (Fsp3) is 0.154. The Kier molecular flexibility index (Phi) is 9.50. The number of thioether (sulfide) groups is 1. The summed E-state index contributed by atoms with van der Waals surface area (Å²) in [6, 6.07) is 17.9. The van der Waals surface area contributed by atoms with Crippen molar-refractivity contribution in [2.75, 3.05) is 5.75 Å². The van der Waals surface area contributed by atoms with E-state index in [9.17, 15) is 13.2 Å².